The van der Waals surface area contributed by atoms with Gasteiger partial charge >= 0.3 is 0 Å². The number of hydrogen-bond donors (Lipinski definition) is 1. The van der Waals surface area contributed by atoms with E-state index in [2.05, 4.69) is 5.32 Å². The lowest BCUT2D eigenvalue weighted by molar-refractivity contribution is -0.385. The van der Waals surface area contributed by atoms with Crippen molar-refractivity contribution in [1.29, 1.82) is 0 Å². The second kappa shape index (κ2) is 6.41. The highest BCUT2D eigenvalue weighted by atomic mass is 35.5. The summed E-state index contributed by atoms with van der Waals surface area (Å²) in [6.45, 7) is 0.437. The van der Waals surface area contributed by atoms with Crippen LogP contribution in [0.4, 0.5) is 5.69 Å². The quantitative estimate of drug-likeness (QED) is 0.525. The van der Waals surface area contributed by atoms with E-state index in [1.54, 1.807) is 0 Å². The van der Waals surface area contributed by atoms with Crippen LogP contribution in [0.3, 0.4) is 0 Å². The Balaban J connectivity index is 2.07. The Labute approximate surface area is 126 Å². The number of carbonyl (C=O) groups is 1. The molecule has 20 heavy (non-hydrogen) atoms. The number of amides is 1. The van der Waals surface area contributed by atoms with E-state index >= 15 is 0 Å². The molecular formula is C13H14Cl2N2O3. The van der Waals surface area contributed by atoms with Crippen LogP contribution in [0.25, 0.3) is 0 Å². The summed E-state index contributed by atoms with van der Waals surface area (Å²) in [6, 6.07) is 4.00. The van der Waals surface area contributed by atoms with Crippen molar-refractivity contribution in [2.24, 2.45) is 5.92 Å². The molecule has 1 saturated carbocycles. The summed E-state index contributed by atoms with van der Waals surface area (Å²) in [6.07, 6.45) is 2.97. The van der Waals surface area contributed by atoms with Crippen LogP contribution in [0.1, 0.15) is 29.6 Å². The van der Waals surface area contributed by atoms with E-state index < -0.39 is 10.8 Å². The third kappa shape index (κ3) is 3.41. The molecular weight excluding hydrogens is 303 g/mol. The Kier molecular flexibility index (Phi) is 4.83. The van der Waals surface area contributed by atoms with E-state index in [0.717, 1.165) is 19.3 Å². The van der Waals surface area contributed by atoms with Crippen molar-refractivity contribution in [3.63, 3.8) is 0 Å². The summed E-state index contributed by atoms with van der Waals surface area (Å²) >= 11 is 11.8. The van der Waals surface area contributed by atoms with Crippen LogP contribution in [-0.4, -0.2) is 22.8 Å². The molecule has 1 aromatic carbocycles. The standard InChI is InChI=1S/C13H14Cl2N2O3/c14-9-4-5-10(12(6-9)17(19)20)13(18)16-7-8-2-1-3-11(8)15/h4-6,8,11H,1-3,7H2,(H,16,18). The summed E-state index contributed by atoms with van der Waals surface area (Å²) in [5.74, 6) is -0.240. The monoisotopic (exact) mass is 316 g/mol. The van der Waals surface area contributed by atoms with Crippen molar-refractivity contribution in [1.82, 2.24) is 5.32 Å². The minimum atomic E-state index is -0.610. The summed E-state index contributed by atoms with van der Waals surface area (Å²) in [7, 11) is 0. The van der Waals surface area contributed by atoms with Crippen molar-refractivity contribution in [2.75, 3.05) is 6.54 Å². The SMILES string of the molecule is O=C(NCC1CCCC1Cl)c1ccc(Cl)cc1[N+](=O)[O-]. The smallest absolute Gasteiger partial charge is 0.283 e. The fraction of sp³-hybridized carbons (Fsp3) is 0.462. The predicted molar refractivity (Wildman–Crippen MR) is 77.4 cm³/mol. The van der Waals surface area contributed by atoms with Crippen LogP contribution in [0, 0.1) is 16.0 Å². The molecule has 0 heterocycles. The Hall–Kier alpha value is -1.33. The summed E-state index contributed by atoms with van der Waals surface area (Å²) in [5.41, 5.74) is -0.271. The summed E-state index contributed by atoms with van der Waals surface area (Å²) in [5, 5.41) is 13.9. The number of rotatable bonds is 4. The van der Waals surface area contributed by atoms with Gasteiger partial charge in [0.2, 0.25) is 0 Å². The molecule has 0 radical (unpaired) electrons. The van der Waals surface area contributed by atoms with Crippen molar-refractivity contribution < 1.29 is 9.72 Å². The van der Waals surface area contributed by atoms with Gasteiger partial charge in [0.15, 0.2) is 0 Å². The molecule has 1 fully saturated rings. The second-order valence-corrected chi connectivity index (χ2v) is 5.83. The highest BCUT2D eigenvalue weighted by Crippen LogP contribution is 2.29. The Morgan fingerprint density at radius 2 is 2.20 bits per heavy atom. The molecule has 1 aromatic rings. The molecule has 1 aliphatic rings. The van der Waals surface area contributed by atoms with Crippen LogP contribution in [-0.2, 0) is 0 Å². The first kappa shape index (κ1) is 15.1. The van der Waals surface area contributed by atoms with Gasteiger partial charge in [0.25, 0.3) is 11.6 Å². The van der Waals surface area contributed by atoms with Gasteiger partial charge in [-0.3, -0.25) is 14.9 Å². The van der Waals surface area contributed by atoms with E-state index in [0.29, 0.717) is 6.54 Å². The van der Waals surface area contributed by atoms with Gasteiger partial charge in [-0.05, 0) is 30.9 Å². The first-order valence-electron chi connectivity index (χ1n) is 6.35. The lowest BCUT2D eigenvalue weighted by atomic mass is 10.1. The average Bonchev–Trinajstić information content (AvgIpc) is 2.81. The number of halogens is 2. The maximum absolute atomic E-state index is 12.0. The maximum atomic E-state index is 12.0. The van der Waals surface area contributed by atoms with Gasteiger partial charge in [0, 0.05) is 23.0 Å². The molecule has 2 unspecified atom stereocenters. The average molecular weight is 317 g/mol. The summed E-state index contributed by atoms with van der Waals surface area (Å²) in [4.78, 5) is 22.4. The molecule has 1 aliphatic carbocycles. The second-order valence-electron chi connectivity index (χ2n) is 4.84. The van der Waals surface area contributed by atoms with Crippen LogP contribution in [0.5, 0.6) is 0 Å². The Morgan fingerprint density at radius 3 is 2.80 bits per heavy atom. The minimum Gasteiger partial charge on any atom is -0.351 e. The number of carbonyl (C=O) groups excluding carboxylic acids is 1. The fourth-order valence-corrected chi connectivity index (χ4v) is 2.92. The van der Waals surface area contributed by atoms with Crippen molar-refractivity contribution in [3.05, 3.63) is 38.9 Å². The fourth-order valence-electron chi connectivity index (χ4n) is 2.39. The zero-order valence-corrected chi connectivity index (χ0v) is 12.2. The van der Waals surface area contributed by atoms with Crippen LogP contribution in [0.15, 0.2) is 18.2 Å². The van der Waals surface area contributed by atoms with Crippen LogP contribution >= 0.6 is 23.2 Å². The van der Waals surface area contributed by atoms with E-state index in [1.165, 1.54) is 18.2 Å². The molecule has 2 atom stereocenters. The van der Waals surface area contributed by atoms with Gasteiger partial charge in [-0.25, -0.2) is 0 Å². The zero-order chi connectivity index (χ0) is 14.7. The van der Waals surface area contributed by atoms with Gasteiger partial charge in [0.05, 0.1) is 4.92 Å². The van der Waals surface area contributed by atoms with Gasteiger partial charge in [-0.1, -0.05) is 18.0 Å². The Bertz CT molecular complexity index is 536. The van der Waals surface area contributed by atoms with Crippen molar-refractivity contribution >= 4 is 34.8 Å². The Morgan fingerprint density at radius 1 is 1.45 bits per heavy atom. The molecule has 1 amide bonds. The zero-order valence-electron chi connectivity index (χ0n) is 10.6. The van der Waals surface area contributed by atoms with Crippen molar-refractivity contribution in [3.8, 4) is 0 Å². The number of benzene rings is 1. The molecule has 1 N–H and O–H groups in total. The number of nitro benzene ring substituents is 1. The van der Waals surface area contributed by atoms with E-state index in [4.69, 9.17) is 23.2 Å². The first-order valence-corrected chi connectivity index (χ1v) is 7.16. The van der Waals surface area contributed by atoms with Gasteiger partial charge in [-0.15, -0.1) is 11.6 Å². The van der Waals surface area contributed by atoms with E-state index in [-0.39, 0.29) is 27.6 Å². The molecule has 7 heteroatoms. The minimum absolute atomic E-state index is 0.0171. The third-order valence-electron chi connectivity index (χ3n) is 3.49. The highest BCUT2D eigenvalue weighted by molar-refractivity contribution is 6.31. The van der Waals surface area contributed by atoms with E-state index in [9.17, 15) is 14.9 Å². The highest BCUT2D eigenvalue weighted by Gasteiger charge is 2.27. The molecule has 108 valence electrons. The number of hydrogen-bond acceptors (Lipinski definition) is 3. The number of nitro groups is 1. The molecule has 0 spiro atoms. The van der Waals surface area contributed by atoms with Crippen LogP contribution < -0.4 is 5.32 Å². The van der Waals surface area contributed by atoms with Crippen molar-refractivity contribution in [2.45, 2.75) is 24.6 Å². The lowest BCUT2D eigenvalue weighted by Gasteiger charge is -2.14. The number of nitrogens with one attached hydrogen (secondary N) is 1. The lowest BCUT2D eigenvalue weighted by Crippen LogP contribution is -2.31. The first-order chi connectivity index (χ1) is 9.49. The molecule has 5 nitrogen and oxygen atoms in total. The number of nitrogens with zero attached hydrogens (tertiary/aromatic N) is 1. The normalized spacial score (nSPS) is 21.7. The molecule has 0 saturated heterocycles. The van der Waals surface area contributed by atoms with Gasteiger partial charge < -0.3 is 5.32 Å². The topological polar surface area (TPSA) is 72.2 Å². The predicted octanol–water partition coefficient (Wildman–Crippen LogP) is 3.39. The molecule has 2 rings (SSSR count). The van der Waals surface area contributed by atoms with Gasteiger partial charge in [0.1, 0.15) is 5.56 Å². The molecule has 0 bridgehead atoms. The number of alkyl halides is 1. The third-order valence-corrected chi connectivity index (χ3v) is 4.30. The maximum Gasteiger partial charge on any atom is 0.283 e. The van der Waals surface area contributed by atoms with E-state index in [1.807, 2.05) is 0 Å². The largest absolute Gasteiger partial charge is 0.351 e. The summed E-state index contributed by atoms with van der Waals surface area (Å²) < 4.78 is 0. The molecule has 0 aromatic heterocycles. The molecule has 0 aliphatic heterocycles. The van der Waals surface area contributed by atoms with Crippen LogP contribution in [0.2, 0.25) is 5.02 Å². The van der Waals surface area contributed by atoms with Gasteiger partial charge in [-0.2, -0.15) is 0 Å².